The van der Waals surface area contributed by atoms with Crippen LogP contribution in [0.5, 0.6) is 0 Å². The van der Waals surface area contributed by atoms with E-state index in [-0.39, 0.29) is 5.56 Å². The first-order valence-electron chi connectivity index (χ1n) is 11.5. The van der Waals surface area contributed by atoms with Crippen LogP contribution in [0.15, 0.2) is 23.0 Å². The van der Waals surface area contributed by atoms with Gasteiger partial charge >= 0.3 is 0 Å². The molecule has 2 aliphatic heterocycles. The van der Waals surface area contributed by atoms with Gasteiger partial charge in [0.05, 0.1) is 26.6 Å². The topological polar surface area (TPSA) is 53.8 Å². The summed E-state index contributed by atoms with van der Waals surface area (Å²) in [6.07, 6.45) is 1.78. The molecule has 0 spiro atoms. The fourth-order valence-electron chi connectivity index (χ4n) is 4.63. The highest BCUT2D eigenvalue weighted by atomic mass is 16.5. The maximum atomic E-state index is 13.3. The Balaban J connectivity index is 1.63. The van der Waals surface area contributed by atoms with Crippen LogP contribution in [0.2, 0.25) is 0 Å². The molecule has 1 aromatic carbocycles. The van der Waals surface area contributed by atoms with Crippen LogP contribution in [0.25, 0.3) is 0 Å². The summed E-state index contributed by atoms with van der Waals surface area (Å²) in [5.41, 5.74) is 5.36. The lowest BCUT2D eigenvalue weighted by Crippen LogP contribution is -2.49. The zero-order valence-electron chi connectivity index (χ0n) is 19.4. The number of aryl methyl sites for hydroxylation is 2. The van der Waals surface area contributed by atoms with Gasteiger partial charge in [-0.15, -0.1) is 0 Å². The molecule has 0 aliphatic carbocycles. The summed E-state index contributed by atoms with van der Waals surface area (Å²) in [7, 11) is 0. The van der Waals surface area contributed by atoms with E-state index in [0.717, 1.165) is 75.4 Å². The molecule has 7 nitrogen and oxygen atoms in total. The first-order valence-corrected chi connectivity index (χ1v) is 11.5. The standard InChI is InChI=1S/C24H35N5O2/c1-5-21-20(4)25-24-28(22-9-6-8-18(2)19(22)3)16-27(17-29(24)23(21)30)11-7-10-26-12-14-31-15-13-26/h6,8-9H,5,7,10-17H2,1-4H3. The van der Waals surface area contributed by atoms with E-state index in [2.05, 4.69) is 46.7 Å². The largest absolute Gasteiger partial charge is 0.379 e. The fourth-order valence-corrected chi connectivity index (χ4v) is 4.63. The maximum Gasteiger partial charge on any atom is 0.259 e. The summed E-state index contributed by atoms with van der Waals surface area (Å²) in [5, 5.41) is 0. The van der Waals surface area contributed by atoms with Crippen molar-refractivity contribution in [1.82, 2.24) is 19.4 Å². The lowest BCUT2D eigenvalue weighted by Gasteiger charge is -2.39. The molecule has 0 radical (unpaired) electrons. The number of hydrogen-bond donors (Lipinski definition) is 0. The molecule has 0 amide bonds. The quantitative estimate of drug-likeness (QED) is 0.709. The molecular formula is C24H35N5O2. The second-order valence-electron chi connectivity index (χ2n) is 8.69. The highest BCUT2D eigenvalue weighted by Crippen LogP contribution is 2.31. The van der Waals surface area contributed by atoms with E-state index in [1.54, 1.807) is 0 Å². The molecule has 7 heteroatoms. The van der Waals surface area contributed by atoms with Gasteiger partial charge in [-0.25, -0.2) is 4.98 Å². The van der Waals surface area contributed by atoms with Crippen molar-refractivity contribution in [2.75, 3.05) is 51.0 Å². The van der Waals surface area contributed by atoms with Crippen molar-refractivity contribution in [3.8, 4) is 0 Å². The third-order valence-electron chi connectivity index (χ3n) is 6.65. The number of morpholine rings is 1. The van der Waals surface area contributed by atoms with Crippen LogP contribution in [0.1, 0.15) is 35.7 Å². The van der Waals surface area contributed by atoms with Crippen molar-refractivity contribution in [3.63, 3.8) is 0 Å². The van der Waals surface area contributed by atoms with E-state index in [1.165, 1.54) is 11.1 Å². The molecule has 0 unspecified atom stereocenters. The van der Waals surface area contributed by atoms with Gasteiger partial charge in [-0.05, 0) is 57.4 Å². The van der Waals surface area contributed by atoms with Gasteiger partial charge in [0.2, 0.25) is 5.95 Å². The summed E-state index contributed by atoms with van der Waals surface area (Å²) >= 11 is 0. The van der Waals surface area contributed by atoms with Gasteiger partial charge in [0.15, 0.2) is 0 Å². The van der Waals surface area contributed by atoms with E-state index in [9.17, 15) is 4.79 Å². The molecular weight excluding hydrogens is 390 g/mol. The molecule has 1 saturated heterocycles. The minimum atomic E-state index is 0.0955. The monoisotopic (exact) mass is 425 g/mol. The molecule has 0 saturated carbocycles. The van der Waals surface area contributed by atoms with Gasteiger partial charge in [0.1, 0.15) is 0 Å². The Morgan fingerprint density at radius 1 is 1.03 bits per heavy atom. The maximum absolute atomic E-state index is 13.3. The van der Waals surface area contributed by atoms with Gasteiger partial charge < -0.3 is 4.74 Å². The minimum Gasteiger partial charge on any atom is -0.379 e. The molecule has 168 valence electrons. The summed E-state index contributed by atoms with van der Waals surface area (Å²) in [6.45, 7) is 15.3. The van der Waals surface area contributed by atoms with Gasteiger partial charge in [-0.2, -0.15) is 0 Å². The first-order chi connectivity index (χ1) is 15.0. The number of aromatic nitrogens is 2. The van der Waals surface area contributed by atoms with Crippen LogP contribution in [-0.4, -0.2) is 65.4 Å². The summed E-state index contributed by atoms with van der Waals surface area (Å²) in [6, 6.07) is 6.36. The summed E-state index contributed by atoms with van der Waals surface area (Å²) in [5.74, 6) is 0.762. The molecule has 3 heterocycles. The summed E-state index contributed by atoms with van der Waals surface area (Å²) in [4.78, 5) is 25.3. The SMILES string of the molecule is CCc1c(C)nc2n(c1=O)CN(CCCN1CCOCC1)CN2c1cccc(C)c1C. The van der Waals surface area contributed by atoms with E-state index >= 15 is 0 Å². The zero-order chi connectivity index (χ0) is 22.0. The predicted molar refractivity (Wildman–Crippen MR) is 124 cm³/mol. The number of rotatable bonds is 6. The van der Waals surface area contributed by atoms with Gasteiger partial charge in [0, 0.05) is 36.6 Å². The number of benzene rings is 1. The Morgan fingerprint density at radius 2 is 1.77 bits per heavy atom. The number of hydrogen-bond acceptors (Lipinski definition) is 6. The molecule has 4 rings (SSSR count). The third-order valence-corrected chi connectivity index (χ3v) is 6.65. The number of ether oxygens (including phenoxy) is 1. The average molecular weight is 426 g/mol. The van der Waals surface area contributed by atoms with Crippen LogP contribution in [0.4, 0.5) is 11.6 Å². The van der Waals surface area contributed by atoms with E-state index in [4.69, 9.17) is 9.72 Å². The van der Waals surface area contributed by atoms with Crippen molar-refractivity contribution in [2.45, 2.75) is 47.2 Å². The van der Waals surface area contributed by atoms with Crippen molar-refractivity contribution >= 4 is 11.6 Å². The molecule has 2 aromatic rings. The molecule has 1 aromatic heterocycles. The highest BCUT2D eigenvalue weighted by Gasteiger charge is 2.28. The van der Waals surface area contributed by atoms with Crippen LogP contribution in [-0.2, 0) is 17.8 Å². The predicted octanol–water partition coefficient (Wildman–Crippen LogP) is 2.82. The normalized spacial score (nSPS) is 17.7. The lowest BCUT2D eigenvalue weighted by atomic mass is 10.1. The van der Waals surface area contributed by atoms with Crippen LogP contribution >= 0.6 is 0 Å². The second kappa shape index (κ2) is 9.51. The van der Waals surface area contributed by atoms with Crippen LogP contribution < -0.4 is 10.5 Å². The number of nitrogens with zero attached hydrogens (tertiary/aromatic N) is 5. The highest BCUT2D eigenvalue weighted by molar-refractivity contribution is 5.64. The van der Waals surface area contributed by atoms with E-state index in [1.807, 2.05) is 18.4 Å². The minimum absolute atomic E-state index is 0.0955. The molecule has 0 bridgehead atoms. The Hall–Kier alpha value is -2.22. The fraction of sp³-hybridized carbons (Fsp3) is 0.583. The first kappa shape index (κ1) is 22.0. The lowest BCUT2D eigenvalue weighted by molar-refractivity contribution is 0.0354. The number of anilines is 2. The Kier molecular flexibility index (Phi) is 6.74. The third kappa shape index (κ3) is 4.54. The van der Waals surface area contributed by atoms with Crippen LogP contribution in [0, 0.1) is 20.8 Å². The smallest absolute Gasteiger partial charge is 0.259 e. The molecule has 31 heavy (non-hydrogen) atoms. The second-order valence-corrected chi connectivity index (χ2v) is 8.69. The van der Waals surface area contributed by atoms with E-state index in [0.29, 0.717) is 13.1 Å². The Bertz CT molecular complexity index is 981. The Morgan fingerprint density at radius 3 is 2.52 bits per heavy atom. The van der Waals surface area contributed by atoms with Gasteiger partial charge in [0.25, 0.3) is 5.56 Å². The van der Waals surface area contributed by atoms with Crippen molar-refractivity contribution in [2.24, 2.45) is 0 Å². The van der Waals surface area contributed by atoms with Gasteiger partial charge in [-0.3, -0.25) is 24.1 Å². The molecule has 0 atom stereocenters. The number of fused-ring (bicyclic) bond motifs is 1. The molecule has 2 aliphatic rings. The summed E-state index contributed by atoms with van der Waals surface area (Å²) < 4.78 is 7.33. The van der Waals surface area contributed by atoms with Crippen LogP contribution in [0.3, 0.4) is 0 Å². The van der Waals surface area contributed by atoms with Gasteiger partial charge in [-0.1, -0.05) is 19.1 Å². The van der Waals surface area contributed by atoms with E-state index < -0.39 is 0 Å². The van der Waals surface area contributed by atoms with Crippen molar-refractivity contribution in [3.05, 3.63) is 50.9 Å². The van der Waals surface area contributed by atoms with Crippen molar-refractivity contribution < 1.29 is 4.74 Å². The van der Waals surface area contributed by atoms with Crippen molar-refractivity contribution in [1.29, 1.82) is 0 Å². The molecule has 0 N–H and O–H groups in total. The average Bonchev–Trinajstić information content (AvgIpc) is 2.77. The Labute approximate surface area is 185 Å². The zero-order valence-corrected chi connectivity index (χ0v) is 19.4. The molecule has 1 fully saturated rings.